The smallest absolute Gasteiger partial charge is 0.245 e. The quantitative estimate of drug-likeness (QED) is 0.466. The van der Waals surface area contributed by atoms with Crippen molar-refractivity contribution in [2.24, 2.45) is 11.8 Å². The normalized spacial score (nSPS) is 24.4. The molecule has 168 valence electrons. The maximum Gasteiger partial charge on any atom is 0.245 e. The number of carbonyl (C=O) groups is 3. The molecule has 2 fully saturated rings. The molecule has 0 saturated carbocycles. The van der Waals surface area contributed by atoms with Crippen LogP contribution in [0.5, 0.6) is 0 Å². The van der Waals surface area contributed by atoms with E-state index in [0.717, 1.165) is 16.6 Å². The van der Waals surface area contributed by atoms with Crippen molar-refractivity contribution in [3.8, 4) is 0 Å². The maximum absolute atomic E-state index is 13.1. The number of benzene rings is 1. The second kappa shape index (κ2) is 8.01. The molecule has 2 aliphatic heterocycles. The molecule has 0 spiro atoms. The number of amides is 3. The van der Waals surface area contributed by atoms with E-state index in [9.17, 15) is 22.8 Å². The number of rotatable bonds is 4. The Hall–Kier alpha value is -2.70. The van der Waals surface area contributed by atoms with Crippen molar-refractivity contribution in [1.82, 2.24) is 22.9 Å². The molecule has 2 saturated heterocycles. The fourth-order valence-corrected chi connectivity index (χ4v) is 6.74. The lowest BCUT2D eigenvalue weighted by Gasteiger charge is -2.34. The van der Waals surface area contributed by atoms with Crippen molar-refractivity contribution < 1.29 is 22.8 Å². The molecule has 0 radical (unpaired) electrons. The van der Waals surface area contributed by atoms with Crippen LogP contribution >= 0.6 is 11.7 Å². The first-order valence-electron chi connectivity index (χ1n) is 10.4. The molecule has 1 aromatic carbocycles. The second-order valence-corrected chi connectivity index (χ2v) is 10.5. The number of piperazine rings is 1. The zero-order chi connectivity index (χ0) is 22.5. The summed E-state index contributed by atoms with van der Waals surface area (Å²) in [6.45, 7) is 0.335. The summed E-state index contributed by atoms with van der Waals surface area (Å²) in [7, 11) is -3.79. The number of fused-ring (bicyclic) bond motifs is 2. The summed E-state index contributed by atoms with van der Waals surface area (Å²) in [6.07, 6.45) is 4.86. The van der Waals surface area contributed by atoms with Crippen LogP contribution in [-0.4, -0.2) is 81.7 Å². The van der Waals surface area contributed by atoms with Gasteiger partial charge >= 0.3 is 0 Å². The van der Waals surface area contributed by atoms with Gasteiger partial charge < -0.3 is 4.90 Å². The molecule has 1 aliphatic carbocycles. The Labute approximate surface area is 188 Å². The lowest BCUT2D eigenvalue weighted by Crippen LogP contribution is -2.53. The highest BCUT2D eigenvalue weighted by Gasteiger charge is 2.48. The standard InChI is InChI=1S/C20H21N5O5S2/c26-17(12-25-19(27)13-4-1-2-5-14(13)20(25)28)23-8-10-24(11-9-23)32(29,30)16-7-3-6-15-18(16)22-31-21-15/h1-3,6-7,13-14H,4-5,8-12H2/t13-,14+. The van der Waals surface area contributed by atoms with Gasteiger partial charge in [0.15, 0.2) is 0 Å². The summed E-state index contributed by atoms with van der Waals surface area (Å²) in [5.74, 6) is -1.66. The molecule has 10 nitrogen and oxygen atoms in total. The predicted molar refractivity (Wildman–Crippen MR) is 115 cm³/mol. The zero-order valence-corrected chi connectivity index (χ0v) is 18.7. The van der Waals surface area contributed by atoms with Gasteiger partial charge in [-0.2, -0.15) is 13.1 Å². The van der Waals surface area contributed by atoms with Crippen LogP contribution in [0.3, 0.4) is 0 Å². The number of nitrogens with zero attached hydrogens (tertiary/aromatic N) is 5. The average molecular weight is 476 g/mol. The van der Waals surface area contributed by atoms with Crippen LogP contribution in [0.4, 0.5) is 0 Å². The Morgan fingerprint density at radius 3 is 2.31 bits per heavy atom. The SMILES string of the molecule is O=C(CN1C(=O)[C@H]2CC=CC[C@H]2C1=O)N1CCN(S(=O)(=O)c2cccc3nsnc23)CC1. The molecule has 32 heavy (non-hydrogen) atoms. The minimum absolute atomic E-state index is 0.105. The van der Waals surface area contributed by atoms with Crippen molar-refractivity contribution in [3.05, 3.63) is 30.4 Å². The number of allylic oxidation sites excluding steroid dienone is 2. The van der Waals surface area contributed by atoms with Crippen LogP contribution in [-0.2, 0) is 24.4 Å². The number of sulfonamides is 1. The monoisotopic (exact) mass is 475 g/mol. The van der Waals surface area contributed by atoms with Crippen molar-refractivity contribution in [1.29, 1.82) is 0 Å². The minimum atomic E-state index is -3.79. The third-order valence-corrected chi connectivity index (χ3v) is 8.82. The second-order valence-electron chi connectivity index (χ2n) is 8.09. The van der Waals surface area contributed by atoms with Crippen LogP contribution in [0.15, 0.2) is 35.2 Å². The molecule has 3 amide bonds. The Morgan fingerprint density at radius 1 is 1.00 bits per heavy atom. The van der Waals surface area contributed by atoms with Crippen LogP contribution in [0.1, 0.15) is 12.8 Å². The van der Waals surface area contributed by atoms with Crippen molar-refractivity contribution in [3.63, 3.8) is 0 Å². The number of carbonyl (C=O) groups excluding carboxylic acids is 3. The first kappa shape index (κ1) is 21.2. The molecule has 3 aliphatic rings. The highest BCUT2D eigenvalue weighted by atomic mass is 32.2. The van der Waals surface area contributed by atoms with Gasteiger partial charge in [0.25, 0.3) is 0 Å². The molecule has 12 heteroatoms. The first-order valence-corrected chi connectivity index (χ1v) is 12.5. The fraction of sp³-hybridized carbons (Fsp3) is 0.450. The maximum atomic E-state index is 13.1. The molecule has 2 aromatic rings. The fourth-order valence-electron chi connectivity index (χ4n) is 4.57. The number of hydrogen-bond acceptors (Lipinski definition) is 8. The summed E-state index contributed by atoms with van der Waals surface area (Å²) in [4.78, 5) is 40.7. The summed E-state index contributed by atoms with van der Waals surface area (Å²) in [6, 6.07) is 4.85. The minimum Gasteiger partial charge on any atom is -0.338 e. The topological polar surface area (TPSA) is 121 Å². The van der Waals surface area contributed by atoms with E-state index in [2.05, 4.69) is 8.75 Å². The lowest BCUT2D eigenvalue weighted by molar-refractivity contribution is -0.147. The van der Waals surface area contributed by atoms with Crippen molar-refractivity contribution >= 4 is 50.5 Å². The van der Waals surface area contributed by atoms with E-state index in [1.54, 1.807) is 12.1 Å². The number of imide groups is 1. The summed E-state index contributed by atoms with van der Waals surface area (Å²) in [5.41, 5.74) is 0.874. The molecular formula is C20H21N5O5S2. The van der Waals surface area contributed by atoms with Gasteiger partial charge in [-0.05, 0) is 25.0 Å². The third-order valence-electron chi connectivity index (χ3n) is 6.35. The van der Waals surface area contributed by atoms with Gasteiger partial charge in [-0.1, -0.05) is 18.2 Å². The van der Waals surface area contributed by atoms with Crippen LogP contribution in [0, 0.1) is 11.8 Å². The Balaban J connectivity index is 1.24. The largest absolute Gasteiger partial charge is 0.338 e. The molecule has 0 bridgehead atoms. The van der Waals surface area contributed by atoms with Gasteiger partial charge in [-0.15, -0.1) is 0 Å². The van der Waals surface area contributed by atoms with E-state index < -0.39 is 10.0 Å². The Kier molecular flexibility index (Phi) is 5.30. The number of aromatic nitrogens is 2. The molecule has 3 heterocycles. The van der Waals surface area contributed by atoms with E-state index in [0.29, 0.717) is 23.9 Å². The van der Waals surface area contributed by atoms with Crippen molar-refractivity contribution in [2.45, 2.75) is 17.7 Å². The van der Waals surface area contributed by atoms with Gasteiger partial charge in [0.05, 0.1) is 23.6 Å². The molecule has 1 aromatic heterocycles. The Bertz CT molecular complexity index is 1210. The van der Waals surface area contributed by atoms with Gasteiger partial charge in [0.1, 0.15) is 22.5 Å². The molecule has 0 unspecified atom stereocenters. The van der Waals surface area contributed by atoms with E-state index in [1.165, 1.54) is 15.3 Å². The van der Waals surface area contributed by atoms with E-state index in [4.69, 9.17) is 0 Å². The summed E-state index contributed by atoms with van der Waals surface area (Å²) in [5, 5.41) is 0. The zero-order valence-electron chi connectivity index (χ0n) is 17.1. The van der Waals surface area contributed by atoms with E-state index in [-0.39, 0.29) is 67.2 Å². The molecule has 5 rings (SSSR count). The molecule has 2 atom stereocenters. The molecular weight excluding hydrogens is 454 g/mol. The average Bonchev–Trinajstić information content (AvgIpc) is 3.38. The van der Waals surface area contributed by atoms with Crippen LogP contribution in [0.2, 0.25) is 0 Å². The van der Waals surface area contributed by atoms with Gasteiger partial charge in [-0.3, -0.25) is 19.3 Å². The Morgan fingerprint density at radius 2 is 1.66 bits per heavy atom. The van der Waals surface area contributed by atoms with Crippen molar-refractivity contribution in [2.75, 3.05) is 32.7 Å². The van der Waals surface area contributed by atoms with E-state index in [1.807, 2.05) is 12.2 Å². The van der Waals surface area contributed by atoms with Crippen LogP contribution in [0.25, 0.3) is 11.0 Å². The van der Waals surface area contributed by atoms with Gasteiger partial charge in [0.2, 0.25) is 27.7 Å². The lowest BCUT2D eigenvalue weighted by atomic mass is 9.85. The van der Waals surface area contributed by atoms with Crippen LogP contribution < -0.4 is 0 Å². The highest BCUT2D eigenvalue weighted by Crippen LogP contribution is 2.35. The summed E-state index contributed by atoms with van der Waals surface area (Å²) < 4.78 is 35.8. The molecule has 0 N–H and O–H groups in total. The van der Waals surface area contributed by atoms with Gasteiger partial charge in [0, 0.05) is 26.2 Å². The third kappa shape index (κ3) is 3.42. The number of hydrogen-bond donors (Lipinski definition) is 0. The van der Waals surface area contributed by atoms with Gasteiger partial charge in [-0.25, -0.2) is 8.42 Å². The number of likely N-dealkylation sites (tertiary alicyclic amines) is 1. The van der Waals surface area contributed by atoms with E-state index >= 15 is 0 Å². The highest BCUT2D eigenvalue weighted by molar-refractivity contribution is 7.89. The first-order chi connectivity index (χ1) is 15.4. The summed E-state index contributed by atoms with van der Waals surface area (Å²) >= 11 is 0.957. The predicted octanol–water partition coefficient (Wildman–Crippen LogP) is 0.475.